The van der Waals surface area contributed by atoms with Crippen molar-refractivity contribution in [2.45, 2.75) is 63.5 Å². The molecule has 2 unspecified atom stereocenters. The smallest absolute Gasteiger partial charge is 0.422 e. The second-order valence-corrected chi connectivity index (χ2v) is 10.0. The van der Waals surface area contributed by atoms with Crippen molar-refractivity contribution in [3.8, 4) is 22.8 Å². The van der Waals surface area contributed by atoms with E-state index in [-0.39, 0.29) is 17.7 Å². The van der Waals surface area contributed by atoms with Crippen molar-refractivity contribution in [1.29, 1.82) is 0 Å². The number of rotatable bonds is 11. The molecule has 2 atom stereocenters. The van der Waals surface area contributed by atoms with Crippen molar-refractivity contribution in [3.63, 3.8) is 0 Å². The third kappa shape index (κ3) is 6.42. The fourth-order valence-corrected chi connectivity index (χ4v) is 4.21. The first-order valence-corrected chi connectivity index (χ1v) is 12.9. The van der Waals surface area contributed by atoms with Gasteiger partial charge in [-0.2, -0.15) is 13.2 Å². The van der Waals surface area contributed by atoms with Gasteiger partial charge in [-0.1, -0.05) is 29.8 Å². The van der Waals surface area contributed by atoms with Gasteiger partial charge in [-0.25, -0.2) is 4.98 Å². The van der Waals surface area contributed by atoms with E-state index in [1.54, 1.807) is 38.2 Å². The number of hydrogen-bond donors (Lipinski definition) is 2. The quantitative estimate of drug-likeness (QED) is 0.277. The summed E-state index contributed by atoms with van der Waals surface area (Å²) in [6.07, 6.45) is -4.54. The first-order valence-electron chi connectivity index (χ1n) is 12.9. The lowest BCUT2D eigenvalue weighted by atomic mass is 9.88. The number of Topliss-reactive ketones (excluding diaryl/α,β-unsaturated/α-hetero) is 1. The van der Waals surface area contributed by atoms with Crippen LogP contribution in [-0.2, 0) is 5.60 Å². The molecule has 1 aliphatic carbocycles. The number of aryl methyl sites for hydroxylation is 1. The molecule has 0 aliphatic heterocycles. The van der Waals surface area contributed by atoms with Crippen LogP contribution in [0.5, 0.6) is 11.5 Å². The number of carbonyl (C=O) groups excluding carboxylic acids is 1. The van der Waals surface area contributed by atoms with Gasteiger partial charge in [0.1, 0.15) is 0 Å². The molecule has 6 nitrogen and oxygen atoms in total. The van der Waals surface area contributed by atoms with Crippen LogP contribution in [0.1, 0.15) is 65.8 Å². The molecule has 1 fully saturated rings. The second kappa shape index (κ2) is 11.4. The number of halogens is 3. The molecule has 1 aliphatic rings. The molecule has 2 aromatic carbocycles. The van der Waals surface area contributed by atoms with Gasteiger partial charge >= 0.3 is 6.18 Å². The first-order chi connectivity index (χ1) is 18.4. The summed E-state index contributed by atoms with van der Waals surface area (Å²) < 4.78 is 54.5. The van der Waals surface area contributed by atoms with Gasteiger partial charge < -0.3 is 19.9 Å². The zero-order chi connectivity index (χ0) is 28.4. The van der Waals surface area contributed by atoms with Crippen molar-refractivity contribution < 1.29 is 32.5 Å². The second-order valence-electron chi connectivity index (χ2n) is 10.0. The van der Waals surface area contributed by atoms with Gasteiger partial charge in [0.15, 0.2) is 17.3 Å². The van der Waals surface area contributed by atoms with E-state index < -0.39 is 36.1 Å². The number of ether oxygens (including phenoxy) is 2. The number of ketones is 1. The fraction of sp³-hybridized carbons (Fsp3) is 0.400. The average Bonchev–Trinajstić information content (AvgIpc) is 3.74. The molecule has 208 valence electrons. The number of methoxy groups -OCH3 is 1. The van der Waals surface area contributed by atoms with E-state index in [2.05, 4.69) is 10.3 Å². The van der Waals surface area contributed by atoms with Crippen LogP contribution < -0.4 is 14.8 Å². The van der Waals surface area contributed by atoms with Crippen LogP contribution in [0.25, 0.3) is 11.3 Å². The highest BCUT2D eigenvalue weighted by Crippen LogP contribution is 2.43. The molecule has 39 heavy (non-hydrogen) atoms. The van der Waals surface area contributed by atoms with E-state index in [9.17, 15) is 23.1 Å². The van der Waals surface area contributed by atoms with Crippen molar-refractivity contribution in [3.05, 3.63) is 77.0 Å². The number of carbonyl (C=O) groups is 1. The molecule has 0 radical (unpaired) electrons. The number of alkyl halides is 3. The standard InChI is InChI=1S/C30H33F3N2O4/c1-18-5-7-20(8-6-18)24-15-22(19(2)34-3)17-28(35-24)29(37,30(31,32)33)14-13-25(36)21-9-12-26(27(16-21)38-4)39-23-10-11-23/h5-9,12,15-17,19,23,34,37H,10-11,13-14H2,1-4H3. The molecule has 1 aromatic heterocycles. The third-order valence-corrected chi connectivity index (χ3v) is 7.04. The summed E-state index contributed by atoms with van der Waals surface area (Å²) in [5.74, 6) is 0.246. The number of pyridine rings is 1. The Labute approximate surface area is 226 Å². The Balaban J connectivity index is 1.66. The zero-order valence-electron chi connectivity index (χ0n) is 22.4. The van der Waals surface area contributed by atoms with Crippen molar-refractivity contribution >= 4 is 5.78 Å². The lowest BCUT2D eigenvalue weighted by molar-refractivity contribution is -0.270. The molecule has 1 saturated carbocycles. The van der Waals surface area contributed by atoms with E-state index in [4.69, 9.17) is 9.47 Å². The molecular formula is C30H33F3N2O4. The van der Waals surface area contributed by atoms with Crippen LogP contribution in [-0.4, -0.2) is 42.3 Å². The number of nitrogens with one attached hydrogen (secondary N) is 1. The van der Waals surface area contributed by atoms with Crippen LogP contribution >= 0.6 is 0 Å². The summed E-state index contributed by atoms with van der Waals surface area (Å²) in [4.78, 5) is 17.3. The predicted molar refractivity (Wildman–Crippen MR) is 142 cm³/mol. The minimum atomic E-state index is -5.08. The molecule has 0 spiro atoms. The summed E-state index contributed by atoms with van der Waals surface area (Å²) in [5, 5.41) is 14.2. The summed E-state index contributed by atoms with van der Waals surface area (Å²) >= 11 is 0. The zero-order valence-corrected chi connectivity index (χ0v) is 22.4. The van der Waals surface area contributed by atoms with E-state index in [1.165, 1.54) is 25.3 Å². The molecule has 1 heterocycles. The maximum Gasteiger partial charge on any atom is 0.422 e. The maximum absolute atomic E-state index is 14.5. The monoisotopic (exact) mass is 542 g/mol. The molecule has 3 aromatic rings. The molecule has 2 N–H and O–H groups in total. The van der Waals surface area contributed by atoms with Gasteiger partial charge in [0.25, 0.3) is 0 Å². The van der Waals surface area contributed by atoms with Crippen LogP contribution in [0.4, 0.5) is 13.2 Å². The van der Waals surface area contributed by atoms with E-state index >= 15 is 0 Å². The van der Waals surface area contributed by atoms with Crippen molar-refractivity contribution in [2.24, 2.45) is 0 Å². The van der Waals surface area contributed by atoms with Crippen LogP contribution in [0, 0.1) is 6.92 Å². The van der Waals surface area contributed by atoms with Crippen LogP contribution in [0.15, 0.2) is 54.6 Å². The van der Waals surface area contributed by atoms with Gasteiger partial charge in [0.05, 0.1) is 24.6 Å². The predicted octanol–water partition coefficient (Wildman–Crippen LogP) is 6.30. The highest BCUT2D eigenvalue weighted by atomic mass is 19.4. The van der Waals surface area contributed by atoms with E-state index in [1.807, 2.05) is 19.1 Å². The number of benzene rings is 2. The first kappa shape index (κ1) is 28.6. The maximum atomic E-state index is 14.5. The molecule has 0 saturated heterocycles. The van der Waals surface area contributed by atoms with Gasteiger partial charge in [0.2, 0.25) is 5.60 Å². The topological polar surface area (TPSA) is 80.7 Å². The minimum Gasteiger partial charge on any atom is -0.493 e. The molecule has 0 amide bonds. The van der Waals surface area contributed by atoms with E-state index in [0.29, 0.717) is 28.3 Å². The molecule has 4 rings (SSSR count). The number of hydrogen-bond acceptors (Lipinski definition) is 6. The van der Waals surface area contributed by atoms with Crippen LogP contribution in [0.3, 0.4) is 0 Å². The lowest BCUT2D eigenvalue weighted by Crippen LogP contribution is -2.43. The molecular weight excluding hydrogens is 509 g/mol. The van der Waals surface area contributed by atoms with Crippen LogP contribution in [0.2, 0.25) is 0 Å². The fourth-order valence-electron chi connectivity index (χ4n) is 4.21. The Kier molecular flexibility index (Phi) is 8.32. The normalized spacial score (nSPS) is 15.9. The summed E-state index contributed by atoms with van der Waals surface area (Å²) in [5.41, 5.74) is -1.28. The van der Waals surface area contributed by atoms with Gasteiger partial charge in [-0.05, 0) is 76.1 Å². The average molecular weight is 543 g/mol. The van der Waals surface area contributed by atoms with E-state index in [0.717, 1.165) is 18.4 Å². The number of nitrogens with zero attached hydrogens (tertiary/aromatic N) is 1. The Morgan fingerprint density at radius 3 is 2.38 bits per heavy atom. The summed E-state index contributed by atoms with van der Waals surface area (Å²) in [6.45, 7) is 3.71. The Hall–Kier alpha value is -3.43. The third-order valence-electron chi connectivity index (χ3n) is 7.04. The van der Waals surface area contributed by atoms with Gasteiger partial charge in [-0.3, -0.25) is 4.79 Å². The lowest BCUT2D eigenvalue weighted by Gasteiger charge is -2.31. The van der Waals surface area contributed by atoms with Gasteiger partial charge in [0, 0.05) is 23.6 Å². The van der Waals surface area contributed by atoms with Gasteiger partial charge in [-0.15, -0.1) is 0 Å². The Morgan fingerprint density at radius 2 is 1.79 bits per heavy atom. The highest BCUT2D eigenvalue weighted by molar-refractivity contribution is 5.96. The highest BCUT2D eigenvalue weighted by Gasteiger charge is 2.56. The Bertz CT molecular complexity index is 1320. The number of aromatic nitrogens is 1. The number of aliphatic hydroxyl groups is 1. The Morgan fingerprint density at radius 1 is 1.10 bits per heavy atom. The van der Waals surface area contributed by atoms with Crippen molar-refractivity contribution in [1.82, 2.24) is 10.3 Å². The summed E-state index contributed by atoms with van der Waals surface area (Å²) in [6, 6.07) is 14.4. The molecule has 9 heteroatoms. The largest absolute Gasteiger partial charge is 0.493 e. The SMILES string of the molecule is CNC(C)c1cc(-c2ccc(C)cc2)nc(C(O)(CCC(=O)c2ccc(OC3CC3)c(OC)c2)C(F)(F)F)c1. The van der Waals surface area contributed by atoms with Crippen molar-refractivity contribution in [2.75, 3.05) is 14.2 Å². The molecule has 0 bridgehead atoms. The minimum absolute atomic E-state index is 0.112. The summed E-state index contributed by atoms with van der Waals surface area (Å²) in [7, 11) is 3.13.